The fraction of sp³-hybridized carbons (Fsp3) is 0.417. The first-order valence-corrected chi connectivity index (χ1v) is 5.28. The molecule has 1 heterocycles. The van der Waals surface area contributed by atoms with E-state index in [0.717, 1.165) is 25.2 Å². The number of aryl methyl sites for hydroxylation is 1. The number of hydrogen-bond donors (Lipinski definition) is 1. The number of carbonyl (C=O) groups excluding carboxylic acids is 1. The van der Waals surface area contributed by atoms with Crippen molar-refractivity contribution >= 4 is 6.47 Å². The second-order valence-corrected chi connectivity index (χ2v) is 3.30. The summed E-state index contributed by atoms with van der Waals surface area (Å²) in [7, 11) is 0. The molecule has 2 rings (SSSR count). The Balaban J connectivity index is 0.000000221. The summed E-state index contributed by atoms with van der Waals surface area (Å²) in [5, 5.41) is 9.11. The number of carbonyl (C=O) groups is 1. The highest BCUT2D eigenvalue weighted by Crippen LogP contribution is 2.27. The van der Waals surface area contributed by atoms with E-state index in [-0.39, 0.29) is 5.75 Å². The monoisotopic (exact) mass is 224 g/mol. The van der Waals surface area contributed by atoms with E-state index in [0.29, 0.717) is 13.1 Å². The molecular formula is C12H16O4. The fourth-order valence-corrected chi connectivity index (χ4v) is 1.40. The van der Waals surface area contributed by atoms with E-state index >= 15 is 0 Å². The molecule has 0 saturated heterocycles. The second kappa shape index (κ2) is 6.71. The van der Waals surface area contributed by atoms with E-state index in [2.05, 4.69) is 4.74 Å². The van der Waals surface area contributed by atoms with Crippen molar-refractivity contribution < 1.29 is 19.4 Å². The van der Waals surface area contributed by atoms with Crippen LogP contribution in [0.4, 0.5) is 0 Å². The lowest BCUT2D eigenvalue weighted by Gasteiger charge is -2.16. The van der Waals surface area contributed by atoms with Gasteiger partial charge in [-0.05, 0) is 31.4 Å². The highest BCUT2D eigenvalue weighted by atomic mass is 16.5. The minimum atomic E-state index is 0.283. The normalized spacial score (nSPS) is 12.6. The maximum Gasteiger partial charge on any atom is 0.293 e. The molecule has 0 atom stereocenters. The van der Waals surface area contributed by atoms with Gasteiger partial charge in [0.05, 0.1) is 13.2 Å². The van der Waals surface area contributed by atoms with E-state index in [1.54, 1.807) is 19.1 Å². The molecule has 0 unspecified atom stereocenters. The average Bonchev–Trinajstić information content (AvgIpc) is 2.31. The Bertz CT molecular complexity index is 336. The van der Waals surface area contributed by atoms with Crippen LogP contribution in [0.15, 0.2) is 18.2 Å². The molecule has 1 N–H and O–H groups in total. The lowest BCUT2D eigenvalue weighted by molar-refractivity contribution is -0.128. The molecule has 0 radical (unpaired) electrons. The zero-order valence-electron chi connectivity index (χ0n) is 9.31. The smallest absolute Gasteiger partial charge is 0.293 e. The zero-order chi connectivity index (χ0) is 11.8. The van der Waals surface area contributed by atoms with Gasteiger partial charge in [0.1, 0.15) is 11.5 Å². The third-order valence-electron chi connectivity index (χ3n) is 2.13. The molecule has 4 heteroatoms. The summed E-state index contributed by atoms with van der Waals surface area (Å²) in [5.74, 6) is 1.13. The average molecular weight is 224 g/mol. The van der Waals surface area contributed by atoms with Gasteiger partial charge in [0, 0.05) is 6.07 Å². The van der Waals surface area contributed by atoms with Crippen molar-refractivity contribution in [3.63, 3.8) is 0 Å². The van der Waals surface area contributed by atoms with Gasteiger partial charge in [0.15, 0.2) is 0 Å². The van der Waals surface area contributed by atoms with Gasteiger partial charge in [-0.15, -0.1) is 0 Å². The van der Waals surface area contributed by atoms with E-state index in [4.69, 9.17) is 9.84 Å². The summed E-state index contributed by atoms with van der Waals surface area (Å²) in [5.41, 5.74) is 1.20. The van der Waals surface area contributed by atoms with Crippen LogP contribution in [0.3, 0.4) is 0 Å². The van der Waals surface area contributed by atoms with Crippen LogP contribution in [-0.2, 0) is 16.0 Å². The van der Waals surface area contributed by atoms with Crippen molar-refractivity contribution in [3.8, 4) is 11.5 Å². The third kappa shape index (κ3) is 3.81. The van der Waals surface area contributed by atoms with Crippen LogP contribution >= 0.6 is 0 Å². The molecular weight excluding hydrogens is 208 g/mol. The predicted octanol–water partition coefficient (Wildman–Crippen LogP) is 1.90. The van der Waals surface area contributed by atoms with E-state index in [1.165, 1.54) is 5.56 Å². The molecule has 0 saturated carbocycles. The Kier molecular flexibility index (Phi) is 5.19. The summed E-state index contributed by atoms with van der Waals surface area (Å²) in [4.78, 5) is 9.18. The Hall–Kier alpha value is -1.71. The summed E-state index contributed by atoms with van der Waals surface area (Å²) in [6.45, 7) is 3.44. The largest absolute Gasteiger partial charge is 0.508 e. The highest BCUT2D eigenvalue weighted by molar-refractivity contribution is 5.40. The lowest BCUT2D eigenvalue weighted by Crippen LogP contribution is -2.07. The first-order chi connectivity index (χ1) is 7.77. The number of fused-ring (bicyclic) bond motifs is 1. The standard InChI is InChI=1S/C9H10O2.C3H6O2/c10-8-4-3-7-2-1-5-11-9(7)6-8;1-2-5-3-4/h3-4,6,10H,1-2,5H2;3H,2H2,1H3. The molecule has 16 heavy (non-hydrogen) atoms. The molecule has 4 nitrogen and oxygen atoms in total. The van der Waals surface area contributed by atoms with Gasteiger partial charge >= 0.3 is 0 Å². The van der Waals surface area contributed by atoms with Crippen molar-refractivity contribution in [2.45, 2.75) is 19.8 Å². The first kappa shape index (κ1) is 12.4. The summed E-state index contributed by atoms with van der Waals surface area (Å²) in [6.07, 6.45) is 2.15. The molecule has 1 aromatic carbocycles. The van der Waals surface area contributed by atoms with Crippen LogP contribution in [-0.4, -0.2) is 24.8 Å². The molecule has 1 aliphatic rings. The first-order valence-electron chi connectivity index (χ1n) is 5.28. The van der Waals surface area contributed by atoms with E-state index in [9.17, 15) is 4.79 Å². The van der Waals surface area contributed by atoms with Gasteiger partial charge in [-0.3, -0.25) is 4.79 Å². The van der Waals surface area contributed by atoms with Crippen molar-refractivity contribution in [3.05, 3.63) is 23.8 Å². The van der Waals surface area contributed by atoms with Crippen LogP contribution in [0, 0.1) is 0 Å². The predicted molar refractivity (Wildman–Crippen MR) is 59.6 cm³/mol. The quantitative estimate of drug-likeness (QED) is 0.779. The molecule has 0 bridgehead atoms. The third-order valence-corrected chi connectivity index (χ3v) is 2.13. The maximum absolute atomic E-state index is 9.18. The number of aromatic hydroxyl groups is 1. The molecule has 1 aromatic rings. The Morgan fingerprint density at radius 3 is 3.00 bits per heavy atom. The number of phenols is 1. The van der Waals surface area contributed by atoms with Crippen LogP contribution < -0.4 is 4.74 Å². The van der Waals surface area contributed by atoms with Crippen LogP contribution in [0.5, 0.6) is 11.5 Å². The van der Waals surface area contributed by atoms with Gasteiger partial charge in [0.25, 0.3) is 6.47 Å². The summed E-state index contributed by atoms with van der Waals surface area (Å²) in [6, 6.07) is 5.30. The van der Waals surface area contributed by atoms with Gasteiger partial charge < -0.3 is 14.6 Å². The topological polar surface area (TPSA) is 55.8 Å². The van der Waals surface area contributed by atoms with Crippen molar-refractivity contribution in [2.75, 3.05) is 13.2 Å². The maximum atomic E-state index is 9.18. The Morgan fingerprint density at radius 1 is 1.56 bits per heavy atom. The second-order valence-electron chi connectivity index (χ2n) is 3.30. The van der Waals surface area contributed by atoms with Crippen molar-refractivity contribution in [1.82, 2.24) is 0 Å². The number of phenolic OH excluding ortho intramolecular Hbond substituents is 1. The number of benzene rings is 1. The zero-order valence-corrected chi connectivity index (χ0v) is 9.31. The number of ether oxygens (including phenoxy) is 2. The summed E-state index contributed by atoms with van der Waals surface area (Å²) < 4.78 is 9.50. The van der Waals surface area contributed by atoms with E-state index in [1.807, 2.05) is 6.07 Å². The molecule has 88 valence electrons. The van der Waals surface area contributed by atoms with Crippen LogP contribution in [0.2, 0.25) is 0 Å². The molecule has 0 aliphatic carbocycles. The fourth-order valence-electron chi connectivity index (χ4n) is 1.40. The van der Waals surface area contributed by atoms with Gasteiger partial charge in [-0.2, -0.15) is 0 Å². The van der Waals surface area contributed by atoms with Gasteiger partial charge in [0.2, 0.25) is 0 Å². The number of hydrogen-bond acceptors (Lipinski definition) is 4. The molecule has 0 aromatic heterocycles. The molecule has 0 fully saturated rings. The minimum absolute atomic E-state index is 0.283. The minimum Gasteiger partial charge on any atom is -0.508 e. The van der Waals surface area contributed by atoms with Crippen molar-refractivity contribution in [2.24, 2.45) is 0 Å². The Labute approximate surface area is 94.8 Å². The SMILES string of the molecule is CCOC=O.Oc1ccc2c(c1)OCCC2. The highest BCUT2D eigenvalue weighted by Gasteiger charge is 2.09. The molecule has 0 amide bonds. The summed E-state index contributed by atoms with van der Waals surface area (Å²) >= 11 is 0. The van der Waals surface area contributed by atoms with Crippen LogP contribution in [0.1, 0.15) is 18.9 Å². The lowest BCUT2D eigenvalue weighted by atomic mass is 10.1. The molecule has 0 spiro atoms. The van der Waals surface area contributed by atoms with Crippen LogP contribution in [0.25, 0.3) is 0 Å². The van der Waals surface area contributed by atoms with Gasteiger partial charge in [-0.1, -0.05) is 6.07 Å². The molecule has 1 aliphatic heterocycles. The number of rotatable bonds is 2. The van der Waals surface area contributed by atoms with Gasteiger partial charge in [-0.25, -0.2) is 0 Å². The Morgan fingerprint density at radius 2 is 2.38 bits per heavy atom. The van der Waals surface area contributed by atoms with Crippen molar-refractivity contribution in [1.29, 1.82) is 0 Å². The van der Waals surface area contributed by atoms with E-state index < -0.39 is 0 Å².